The molecule has 2 aromatic carbocycles. The van der Waals surface area contributed by atoms with Crippen LogP contribution >= 0.6 is 11.8 Å². The summed E-state index contributed by atoms with van der Waals surface area (Å²) < 4.78 is 11.1. The Labute approximate surface area is 219 Å². The molecule has 192 valence electrons. The molecule has 1 saturated heterocycles. The van der Waals surface area contributed by atoms with Gasteiger partial charge in [-0.05, 0) is 55.2 Å². The second kappa shape index (κ2) is 10.7. The summed E-state index contributed by atoms with van der Waals surface area (Å²) in [6.45, 7) is 2.23. The third-order valence-electron chi connectivity index (χ3n) is 6.99. The van der Waals surface area contributed by atoms with Gasteiger partial charge in [0.25, 0.3) is 11.6 Å². The summed E-state index contributed by atoms with van der Waals surface area (Å²) in [4.78, 5) is 27.4. The number of para-hydroxylation sites is 1. The van der Waals surface area contributed by atoms with E-state index < -0.39 is 4.92 Å². The van der Waals surface area contributed by atoms with Crippen molar-refractivity contribution in [2.75, 3.05) is 12.4 Å². The minimum absolute atomic E-state index is 0.0226. The van der Waals surface area contributed by atoms with Gasteiger partial charge < -0.3 is 19.4 Å². The maximum Gasteiger partial charge on any atom is 0.284 e. The molecule has 1 aliphatic heterocycles. The van der Waals surface area contributed by atoms with E-state index in [1.54, 1.807) is 30.3 Å². The van der Waals surface area contributed by atoms with E-state index in [0.717, 1.165) is 24.9 Å². The van der Waals surface area contributed by atoms with Crippen LogP contribution in [-0.4, -0.2) is 34.4 Å². The monoisotopic (exact) mass is 519 g/mol. The van der Waals surface area contributed by atoms with Gasteiger partial charge >= 0.3 is 0 Å². The summed E-state index contributed by atoms with van der Waals surface area (Å²) in [5, 5.41) is 15.2. The number of hydrogen-bond acceptors (Lipinski definition) is 7. The minimum Gasteiger partial charge on any atom is -0.497 e. The van der Waals surface area contributed by atoms with E-state index in [9.17, 15) is 14.9 Å². The van der Waals surface area contributed by atoms with Gasteiger partial charge in [-0.25, -0.2) is 0 Å². The van der Waals surface area contributed by atoms with Crippen LogP contribution in [0.4, 0.5) is 11.4 Å². The molecule has 1 unspecified atom stereocenters. The van der Waals surface area contributed by atoms with Crippen LogP contribution in [0.5, 0.6) is 5.75 Å². The first-order chi connectivity index (χ1) is 17.9. The Bertz CT molecular complexity index is 1320. The molecule has 1 aliphatic carbocycles. The molecule has 1 N–H and O–H groups in total. The number of nitrogens with zero attached hydrogens (tertiary/aromatic N) is 2. The van der Waals surface area contributed by atoms with Crippen LogP contribution in [0.15, 0.2) is 70.0 Å². The van der Waals surface area contributed by atoms with Gasteiger partial charge in [-0.3, -0.25) is 14.9 Å². The van der Waals surface area contributed by atoms with Gasteiger partial charge in [0.2, 0.25) is 0 Å². The Hall–Kier alpha value is -3.72. The van der Waals surface area contributed by atoms with Crippen LogP contribution in [0.1, 0.15) is 38.4 Å². The van der Waals surface area contributed by atoms with Crippen LogP contribution in [0.2, 0.25) is 0 Å². The second-order valence-corrected chi connectivity index (χ2v) is 10.5. The number of rotatable bonds is 7. The van der Waals surface area contributed by atoms with Crippen molar-refractivity contribution < 1.29 is 18.9 Å². The van der Waals surface area contributed by atoms with Gasteiger partial charge in [0.05, 0.1) is 28.6 Å². The number of hydrogen-bond donors (Lipinski definition) is 1. The van der Waals surface area contributed by atoms with Gasteiger partial charge in [0, 0.05) is 17.8 Å². The van der Waals surface area contributed by atoms with Gasteiger partial charge in [0.15, 0.2) is 5.50 Å². The minimum atomic E-state index is -0.460. The van der Waals surface area contributed by atoms with Crippen molar-refractivity contribution in [1.29, 1.82) is 0 Å². The highest BCUT2D eigenvalue weighted by molar-refractivity contribution is 8.05. The maximum atomic E-state index is 13.7. The quantitative estimate of drug-likeness (QED) is 0.209. The van der Waals surface area contributed by atoms with Crippen molar-refractivity contribution in [3.05, 3.63) is 81.4 Å². The average molecular weight is 520 g/mol. The highest BCUT2D eigenvalue weighted by atomic mass is 32.2. The number of carbonyl (C=O) groups excluding carboxylic acids is 1. The first kappa shape index (κ1) is 25.0. The smallest absolute Gasteiger partial charge is 0.284 e. The van der Waals surface area contributed by atoms with E-state index in [1.807, 2.05) is 35.2 Å². The Balaban J connectivity index is 1.44. The van der Waals surface area contributed by atoms with Crippen LogP contribution < -0.4 is 10.1 Å². The van der Waals surface area contributed by atoms with Crippen LogP contribution in [-0.2, 0) is 4.79 Å². The Kier molecular flexibility index (Phi) is 7.23. The highest BCUT2D eigenvalue weighted by Gasteiger charge is 2.43. The molecule has 2 aliphatic rings. The van der Waals surface area contributed by atoms with E-state index >= 15 is 0 Å². The number of ether oxygens (including phenoxy) is 1. The summed E-state index contributed by atoms with van der Waals surface area (Å²) in [5.74, 6) is 1.61. The fourth-order valence-corrected chi connectivity index (χ4v) is 6.26. The van der Waals surface area contributed by atoms with Crippen molar-refractivity contribution in [2.45, 2.75) is 44.1 Å². The molecule has 8 nitrogen and oxygen atoms in total. The molecule has 1 aromatic heterocycles. The number of nitro groups is 1. The number of methoxy groups -OCH3 is 1. The second-order valence-electron chi connectivity index (χ2n) is 9.37. The molecule has 2 heterocycles. The number of nitro benzene ring substituents is 1. The zero-order valence-corrected chi connectivity index (χ0v) is 21.6. The van der Waals surface area contributed by atoms with E-state index in [1.165, 1.54) is 31.4 Å². The standard InChI is InChI=1S/C28H29N3O5S/c1-18-8-6-7-11-23(18)30-27(32)26(37-28(30)29-19-9-4-3-5-10-19)17-21-13-15-25(36-21)22-14-12-20(35-2)16-24(22)31(33)34/h3-5,9-10,12-18,23,28-29H,6-8,11H2,1-2H3/b26-17-/t18-,23-,28?/m1/s1. The fourth-order valence-electron chi connectivity index (χ4n) is 5.07. The van der Waals surface area contributed by atoms with Crippen LogP contribution in [0.3, 0.4) is 0 Å². The molecular formula is C28H29N3O5S. The molecule has 3 atom stereocenters. The highest BCUT2D eigenvalue weighted by Crippen LogP contribution is 2.43. The predicted octanol–water partition coefficient (Wildman–Crippen LogP) is 6.75. The van der Waals surface area contributed by atoms with E-state index in [0.29, 0.717) is 33.7 Å². The summed E-state index contributed by atoms with van der Waals surface area (Å²) in [6.07, 6.45) is 6.14. The van der Waals surface area contributed by atoms with E-state index in [-0.39, 0.29) is 23.1 Å². The molecule has 1 amide bonds. The van der Waals surface area contributed by atoms with Crippen molar-refractivity contribution >= 4 is 35.1 Å². The topological polar surface area (TPSA) is 97.8 Å². The van der Waals surface area contributed by atoms with Gasteiger partial charge in [-0.1, -0.05) is 49.7 Å². The summed E-state index contributed by atoms with van der Waals surface area (Å²) >= 11 is 1.47. The molecule has 0 radical (unpaired) electrons. The third-order valence-corrected chi connectivity index (χ3v) is 8.11. The molecule has 1 saturated carbocycles. The number of amides is 1. The van der Waals surface area contributed by atoms with Crippen LogP contribution in [0, 0.1) is 16.0 Å². The van der Waals surface area contributed by atoms with Crippen molar-refractivity contribution in [3.63, 3.8) is 0 Å². The zero-order valence-electron chi connectivity index (χ0n) is 20.8. The summed E-state index contributed by atoms with van der Waals surface area (Å²) in [5.41, 5.74) is 0.962. The first-order valence-corrected chi connectivity index (χ1v) is 13.3. The lowest BCUT2D eigenvalue weighted by molar-refractivity contribution is -0.384. The van der Waals surface area contributed by atoms with Crippen molar-refractivity contribution in [2.24, 2.45) is 5.92 Å². The number of nitrogens with one attached hydrogen (secondary N) is 1. The first-order valence-electron chi connectivity index (χ1n) is 12.4. The fraction of sp³-hybridized carbons (Fsp3) is 0.321. The Morgan fingerprint density at radius 1 is 1.14 bits per heavy atom. The van der Waals surface area contributed by atoms with E-state index in [4.69, 9.17) is 9.15 Å². The molecular weight excluding hydrogens is 490 g/mol. The lowest BCUT2D eigenvalue weighted by Gasteiger charge is -2.39. The number of benzene rings is 2. The van der Waals surface area contributed by atoms with Gasteiger partial charge in [-0.2, -0.15) is 0 Å². The molecule has 0 bridgehead atoms. The van der Waals surface area contributed by atoms with Crippen LogP contribution in [0.25, 0.3) is 17.4 Å². The van der Waals surface area contributed by atoms with Crippen molar-refractivity contribution in [3.8, 4) is 17.1 Å². The average Bonchev–Trinajstić information content (AvgIpc) is 3.49. The molecule has 0 spiro atoms. The van der Waals surface area contributed by atoms with E-state index in [2.05, 4.69) is 12.2 Å². The molecule has 2 fully saturated rings. The van der Waals surface area contributed by atoms with Gasteiger partial charge in [0.1, 0.15) is 17.3 Å². The third kappa shape index (κ3) is 5.22. The lowest BCUT2D eigenvalue weighted by atomic mass is 9.85. The largest absolute Gasteiger partial charge is 0.497 e. The number of furan rings is 1. The van der Waals surface area contributed by atoms with Gasteiger partial charge in [-0.15, -0.1) is 0 Å². The molecule has 5 rings (SSSR count). The predicted molar refractivity (Wildman–Crippen MR) is 145 cm³/mol. The SMILES string of the molecule is COc1ccc(-c2ccc(/C=C3\SC(Nc4ccccc4)N([C@@H]4CCCC[C@H]4C)C3=O)o2)c([N+](=O)[O-])c1. The number of thioether (sulfide) groups is 1. The lowest BCUT2D eigenvalue weighted by Crippen LogP contribution is -2.48. The summed E-state index contributed by atoms with van der Waals surface area (Å²) in [7, 11) is 1.46. The maximum absolute atomic E-state index is 13.7. The molecule has 3 aromatic rings. The normalized spacial score (nSPS) is 22.9. The number of anilines is 1. The zero-order chi connectivity index (χ0) is 25.9. The number of carbonyl (C=O) groups is 1. The summed E-state index contributed by atoms with van der Waals surface area (Å²) in [6, 6.07) is 18.1. The molecule has 9 heteroatoms. The Morgan fingerprint density at radius 2 is 1.92 bits per heavy atom. The Morgan fingerprint density at radius 3 is 2.65 bits per heavy atom. The molecule has 37 heavy (non-hydrogen) atoms. The van der Waals surface area contributed by atoms with Crippen molar-refractivity contribution in [1.82, 2.24) is 4.90 Å².